The van der Waals surface area contributed by atoms with Crippen LogP contribution >= 0.6 is 0 Å². The van der Waals surface area contributed by atoms with E-state index in [9.17, 15) is 26.2 Å². The largest absolute Gasteiger partial charge is 0.322 e. The van der Waals surface area contributed by atoms with Gasteiger partial charge in [0.15, 0.2) is 0 Å². The van der Waals surface area contributed by atoms with Crippen LogP contribution in [0.3, 0.4) is 0 Å². The van der Waals surface area contributed by atoms with Crippen molar-refractivity contribution in [3.63, 3.8) is 0 Å². The number of para-hydroxylation sites is 1. The van der Waals surface area contributed by atoms with Crippen LogP contribution in [0.5, 0.6) is 0 Å². The van der Waals surface area contributed by atoms with Gasteiger partial charge in [-0.3, -0.25) is 4.21 Å². The molecule has 3 aromatic rings. The molecule has 0 aliphatic carbocycles. The molecule has 4 nitrogen and oxygen atoms in total. The zero-order chi connectivity index (χ0) is 19.5. The number of aryl methyl sites for hydroxylation is 2. The van der Waals surface area contributed by atoms with Crippen molar-refractivity contribution in [2.75, 3.05) is 5.75 Å². The molecule has 10 heteroatoms. The molecule has 0 radical (unpaired) electrons. The highest BCUT2D eigenvalue weighted by Crippen LogP contribution is 2.27. The van der Waals surface area contributed by atoms with Gasteiger partial charge in [-0.1, -0.05) is 12.1 Å². The average molecular weight is 400 g/mol. The fourth-order valence-corrected chi connectivity index (χ4v) is 4.32. The summed E-state index contributed by atoms with van der Waals surface area (Å²) >= 11 is 0. The summed E-state index contributed by atoms with van der Waals surface area (Å²) in [6.07, 6.45) is 0.199. The van der Waals surface area contributed by atoms with Crippen LogP contribution in [0.15, 0.2) is 29.2 Å². The first-order valence-corrected chi connectivity index (χ1v) is 9.15. The molecule has 0 fully saturated rings. The van der Waals surface area contributed by atoms with E-state index in [-0.39, 0.29) is 18.0 Å². The van der Waals surface area contributed by atoms with E-state index in [0.29, 0.717) is 16.4 Å². The second kappa shape index (κ2) is 6.22. The van der Waals surface area contributed by atoms with Crippen molar-refractivity contribution in [3.05, 3.63) is 65.0 Å². The molecule has 0 bridgehead atoms. The first-order valence-electron chi connectivity index (χ1n) is 7.83. The predicted octanol–water partition coefficient (Wildman–Crippen LogP) is 2.82. The number of benzene rings is 2. The smallest absolute Gasteiger partial charge is 0.254 e. The van der Waals surface area contributed by atoms with Gasteiger partial charge in [-0.2, -0.15) is 8.78 Å². The molecule has 4 rings (SSSR count). The number of rotatable bonds is 1. The molecule has 0 saturated heterocycles. The van der Waals surface area contributed by atoms with Crippen LogP contribution in [0.25, 0.3) is 11.4 Å². The Balaban J connectivity index is 2.13. The Bertz CT molecular complexity index is 1100. The molecule has 27 heavy (non-hydrogen) atoms. The maximum absolute atomic E-state index is 14.4. The first-order chi connectivity index (χ1) is 12.8. The lowest BCUT2D eigenvalue weighted by Crippen LogP contribution is -2.45. The fraction of sp³-hybridized carbons (Fsp3) is 0.176. The summed E-state index contributed by atoms with van der Waals surface area (Å²) in [6, 6.07) is 6.39. The molecule has 0 saturated carbocycles. The molecule has 1 aromatic heterocycles. The highest BCUT2D eigenvalue weighted by molar-refractivity contribution is 7.85. The molecule has 1 atom stereocenters. The predicted molar refractivity (Wildman–Crippen MR) is 84.6 cm³/mol. The first kappa shape index (κ1) is 17.8. The zero-order valence-electron chi connectivity index (χ0n) is 13.8. The Morgan fingerprint density at radius 1 is 1.00 bits per heavy atom. The maximum Gasteiger partial charge on any atom is 0.322 e. The third kappa shape index (κ3) is 2.50. The quantitative estimate of drug-likeness (QED) is 0.273. The molecule has 0 spiro atoms. The number of halogens is 5. The lowest BCUT2D eigenvalue weighted by Gasteiger charge is -2.11. The van der Waals surface area contributed by atoms with E-state index in [1.54, 1.807) is 24.3 Å². The van der Waals surface area contributed by atoms with Gasteiger partial charge in [0.2, 0.25) is 34.8 Å². The zero-order valence-corrected chi connectivity index (χ0v) is 14.6. The lowest BCUT2D eigenvalue weighted by atomic mass is 10.2. The van der Waals surface area contributed by atoms with Gasteiger partial charge in [0, 0.05) is 19.1 Å². The second-order valence-corrected chi connectivity index (χ2v) is 7.42. The van der Waals surface area contributed by atoms with Crippen molar-refractivity contribution in [2.45, 2.75) is 18.2 Å². The Labute approximate surface area is 152 Å². The van der Waals surface area contributed by atoms with Gasteiger partial charge < -0.3 is 0 Å². The van der Waals surface area contributed by atoms with E-state index in [2.05, 4.69) is 4.98 Å². The number of hydrogen-bond acceptors (Lipinski definition) is 2. The van der Waals surface area contributed by atoms with E-state index < -0.39 is 45.6 Å². The van der Waals surface area contributed by atoms with Gasteiger partial charge in [-0.05, 0) is 17.1 Å². The third-order valence-electron chi connectivity index (χ3n) is 4.29. The van der Waals surface area contributed by atoms with Crippen LogP contribution in [0.1, 0.15) is 11.6 Å². The van der Waals surface area contributed by atoms with Crippen LogP contribution in [0, 0.1) is 36.0 Å². The van der Waals surface area contributed by atoms with Gasteiger partial charge in [0.05, 0.1) is 15.7 Å². The van der Waals surface area contributed by atoms with Crippen molar-refractivity contribution < 1.29 is 30.8 Å². The van der Waals surface area contributed by atoms with E-state index >= 15 is 0 Å². The molecule has 2 heterocycles. The summed E-state index contributed by atoms with van der Waals surface area (Å²) < 4.78 is 84.3. The van der Waals surface area contributed by atoms with Crippen LogP contribution in [0.2, 0.25) is 0 Å². The highest BCUT2D eigenvalue weighted by atomic mass is 32.2. The fourth-order valence-electron chi connectivity index (χ4n) is 3.11. The van der Waals surface area contributed by atoms with Gasteiger partial charge in [-0.25, -0.2) is 13.2 Å². The van der Waals surface area contributed by atoms with Crippen LogP contribution < -0.4 is 4.68 Å². The van der Waals surface area contributed by atoms with Gasteiger partial charge in [0.1, 0.15) is 5.69 Å². The number of hydrogen-bond donors (Lipinski definition) is 0. The minimum Gasteiger partial charge on any atom is -0.254 e. The van der Waals surface area contributed by atoms with Gasteiger partial charge in [-0.15, -0.1) is 9.36 Å². The summed E-state index contributed by atoms with van der Waals surface area (Å²) in [7, 11) is -1.40. The minimum atomic E-state index is -2.23. The molecular weight excluding hydrogens is 389 g/mol. The van der Waals surface area contributed by atoms with Crippen LogP contribution in [-0.4, -0.2) is 19.6 Å². The van der Waals surface area contributed by atoms with E-state index in [1.807, 2.05) is 0 Å². The van der Waals surface area contributed by atoms with Gasteiger partial charge in [0.25, 0.3) is 5.82 Å². The Morgan fingerprint density at radius 2 is 1.59 bits per heavy atom. The standard InChI is InChI=1S/C17H11F5N3OS/c1-8-23-11-6-7-27(26)10-5-3-2-4-9(10)25(11)24(8)17-15(21)13(19)12(18)14(20)16(17)22/h2-5H,6-7H2,1H3/q+1. The Morgan fingerprint density at radius 3 is 2.26 bits per heavy atom. The van der Waals surface area contributed by atoms with Crippen LogP contribution in [0.4, 0.5) is 22.0 Å². The summed E-state index contributed by atoms with van der Waals surface area (Å²) in [6.45, 7) is 1.39. The summed E-state index contributed by atoms with van der Waals surface area (Å²) in [4.78, 5) is 4.59. The molecule has 1 unspecified atom stereocenters. The van der Waals surface area contributed by atoms with Crippen molar-refractivity contribution in [1.29, 1.82) is 0 Å². The van der Waals surface area contributed by atoms with E-state index in [1.165, 1.54) is 11.6 Å². The number of nitrogens with zero attached hydrogens (tertiary/aromatic N) is 3. The molecule has 140 valence electrons. The third-order valence-corrected chi connectivity index (χ3v) is 5.70. The Kier molecular flexibility index (Phi) is 4.10. The maximum atomic E-state index is 14.4. The monoisotopic (exact) mass is 400 g/mol. The topological polar surface area (TPSA) is 38.8 Å². The molecule has 2 aromatic carbocycles. The number of aromatic nitrogens is 3. The van der Waals surface area contributed by atoms with Gasteiger partial charge >= 0.3 is 5.82 Å². The van der Waals surface area contributed by atoms with E-state index in [4.69, 9.17) is 0 Å². The Hall–Kier alpha value is -2.62. The highest BCUT2D eigenvalue weighted by Gasteiger charge is 2.37. The van der Waals surface area contributed by atoms with Crippen molar-refractivity contribution >= 4 is 10.8 Å². The summed E-state index contributed by atoms with van der Waals surface area (Å²) in [5.41, 5.74) is -0.835. The van der Waals surface area contributed by atoms with E-state index in [0.717, 1.165) is 4.68 Å². The number of fused-ring (bicyclic) bond motifs is 3. The molecule has 0 amide bonds. The van der Waals surface area contributed by atoms with Crippen LogP contribution in [-0.2, 0) is 17.2 Å². The van der Waals surface area contributed by atoms with Crippen molar-refractivity contribution in [1.82, 2.24) is 9.67 Å². The molecule has 0 N–H and O–H groups in total. The summed E-state index contributed by atoms with van der Waals surface area (Å²) in [5, 5.41) is 0. The summed E-state index contributed by atoms with van der Waals surface area (Å²) in [5.74, 6) is -9.72. The molecule has 1 aliphatic rings. The molecular formula is C17H11F5N3OS+. The van der Waals surface area contributed by atoms with Crippen molar-refractivity contribution in [3.8, 4) is 11.4 Å². The lowest BCUT2D eigenvalue weighted by molar-refractivity contribution is -0.686. The average Bonchev–Trinajstić information content (AvgIpc) is 2.91. The SMILES string of the molecule is Cc1nc2n([n+]1-c1c(F)c(F)c(F)c(F)c1F)-c1ccccc1S(=O)CC2. The van der Waals surface area contributed by atoms with Crippen molar-refractivity contribution in [2.24, 2.45) is 0 Å². The minimum absolute atomic E-state index is 0.0238. The normalized spacial score (nSPS) is 16.0. The molecule has 1 aliphatic heterocycles. The second-order valence-electron chi connectivity index (χ2n) is 5.88.